The Labute approximate surface area is 445 Å². The standard InChI is InChI=1S/C61H69N7O8/c1-37(2)60(65-57(70)12-9-8-10-21-67-58(71)19-20-59(67)72)53(69)26-39(4)41(6)64-47-17-15-42(16-18-47)45-28-49-33-63-52-31-54(40(5)25-50(52)61(73)68(49)36-45)75-22-11-23-76-56-30-51-46(29-55(56)74-7)35-66-34-44-24-38(3)13-14-43(44)27-48(66)32-62-51/h13-20,24-25,29-33,36-37,39,48-49,60,64H,6,8-12,21-23,26-28,34-35H2,1-5,7H3,(H,65,70)/t39-,48+,49+,60+/m1/s1. The Morgan fingerprint density at radius 2 is 1.47 bits per heavy atom. The van der Waals surface area contributed by atoms with Gasteiger partial charge in [-0.3, -0.25) is 43.8 Å². The molecule has 0 saturated heterocycles. The number of nitrogens with one attached hydrogen (secondary N) is 2. The third-order valence-corrected chi connectivity index (χ3v) is 15.0. The topological polar surface area (TPSA) is 172 Å². The molecule has 15 heteroatoms. The number of ketones is 1. The number of benzene rings is 4. The predicted octanol–water partition coefficient (Wildman–Crippen LogP) is 9.92. The van der Waals surface area contributed by atoms with Gasteiger partial charge < -0.3 is 29.7 Å². The van der Waals surface area contributed by atoms with Gasteiger partial charge in [0.2, 0.25) is 5.91 Å². The number of Topliss-reactive ketones (excluding diaryl/α,β-unsaturated/α-hetero) is 1. The number of ether oxygens (including phenoxy) is 3. The van der Waals surface area contributed by atoms with Crippen LogP contribution in [0.3, 0.4) is 0 Å². The fourth-order valence-corrected chi connectivity index (χ4v) is 10.5. The number of unbranched alkanes of at least 4 members (excludes halogenated alkanes) is 2. The van der Waals surface area contributed by atoms with Crippen molar-refractivity contribution in [2.24, 2.45) is 21.8 Å². The largest absolute Gasteiger partial charge is 0.493 e. The van der Waals surface area contributed by atoms with E-state index in [-0.39, 0.29) is 66.2 Å². The third-order valence-electron chi connectivity index (χ3n) is 15.0. The Bertz CT molecular complexity index is 3030. The van der Waals surface area contributed by atoms with Crippen LogP contribution in [0.2, 0.25) is 0 Å². The molecule has 4 amide bonds. The molecule has 76 heavy (non-hydrogen) atoms. The Morgan fingerprint density at radius 1 is 0.763 bits per heavy atom. The lowest BCUT2D eigenvalue weighted by atomic mass is 9.91. The van der Waals surface area contributed by atoms with Crippen LogP contribution in [0.1, 0.15) is 109 Å². The van der Waals surface area contributed by atoms with Crippen LogP contribution in [0, 0.1) is 25.7 Å². The molecule has 396 valence electrons. The molecule has 0 unspecified atom stereocenters. The number of carbonyl (C=O) groups excluding carboxylic acids is 5. The number of imide groups is 1. The molecule has 5 heterocycles. The molecule has 4 aromatic rings. The molecule has 2 N–H and O–H groups in total. The van der Waals surface area contributed by atoms with Crippen molar-refractivity contribution < 1.29 is 38.2 Å². The van der Waals surface area contributed by atoms with E-state index < -0.39 is 6.04 Å². The van der Waals surface area contributed by atoms with Crippen LogP contribution in [0.5, 0.6) is 17.2 Å². The third kappa shape index (κ3) is 12.2. The number of rotatable bonds is 22. The number of fused-ring (bicyclic) bond motifs is 5. The van der Waals surface area contributed by atoms with Crippen molar-refractivity contribution in [1.29, 1.82) is 0 Å². The van der Waals surface area contributed by atoms with Gasteiger partial charge >= 0.3 is 0 Å². The number of carbonyl (C=O) groups is 5. The van der Waals surface area contributed by atoms with Crippen LogP contribution < -0.4 is 24.8 Å². The highest BCUT2D eigenvalue weighted by molar-refractivity contribution is 6.12. The van der Waals surface area contributed by atoms with Crippen molar-refractivity contribution in [2.45, 2.75) is 117 Å². The van der Waals surface area contributed by atoms with E-state index in [1.54, 1.807) is 12.0 Å². The fourth-order valence-electron chi connectivity index (χ4n) is 10.5. The summed E-state index contributed by atoms with van der Waals surface area (Å²) < 4.78 is 18.3. The Balaban J connectivity index is 0.726. The summed E-state index contributed by atoms with van der Waals surface area (Å²) in [5.74, 6) is 0.680. The first-order valence-corrected chi connectivity index (χ1v) is 26.6. The van der Waals surface area contributed by atoms with Gasteiger partial charge in [0.05, 0.1) is 49.3 Å². The first-order chi connectivity index (χ1) is 36.6. The van der Waals surface area contributed by atoms with Crippen molar-refractivity contribution in [3.63, 3.8) is 0 Å². The first-order valence-electron chi connectivity index (χ1n) is 26.6. The summed E-state index contributed by atoms with van der Waals surface area (Å²) in [5.41, 5.74) is 11.5. The highest BCUT2D eigenvalue weighted by Crippen LogP contribution is 2.40. The van der Waals surface area contributed by atoms with E-state index in [2.05, 4.69) is 59.5 Å². The second-order valence-electron chi connectivity index (χ2n) is 21.0. The number of amides is 4. The summed E-state index contributed by atoms with van der Waals surface area (Å²) in [6.45, 7) is 16.9. The molecule has 0 radical (unpaired) electrons. The number of aliphatic imine (C=N–C) groups is 2. The number of anilines is 1. The molecule has 0 aromatic heterocycles. The molecule has 0 fully saturated rings. The number of aryl methyl sites for hydroxylation is 2. The zero-order chi connectivity index (χ0) is 53.6. The van der Waals surface area contributed by atoms with E-state index in [9.17, 15) is 24.0 Å². The van der Waals surface area contributed by atoms with Gasteiger partial charge in [-0.05, 0) is 96.7 Å². The maximum Gasteiger partial charge on any atom is 0.260 e. The van der Waals surface area contributed by atoms with Crippen LogP contribution >= 0.6 is 0 Å². The quantitative estimate of drug-likeness (QED) is 0.0570. The number of hydrogen-bond acceptors (Lipinski definition) is 12. The molecule has 0 spiro atoms. The summed E-state index contributed by atoms with van der Waals surface area (Å²) in [4.78, 5) is 79.1. The Morgan fingerprint density at radius 3 is 2.22 bits per heavy atom. The average Bonchev–Trinajstić information content (AvgIpc) is 3.90. The van der Waals surface area contributed by atoms with Crippen molar-refractivity contribution in [3.05, 3.63) is 136 Å². The molecule has 0 bridgehead atoms. The van der Waals surface area contributed by atoms with E-state index in [0.717, 1.165) is 53.1 Å². The van der Waals surface area contributed by atoms with Crippen LogP contribution in [0.4, 0.5) is 17.1 Å². The molecule has 15 nitrogen and oxygen atoms in total. The molecule has 5 aliphatic heterocycles. The average molecular weight is 1030 g/mol. The van der Waals surface area contributed by atoms with Crippen molar-refractivity contribution >= 4 is 64.5 Å². The minimum absolute atomic E-state index is 0.0665. The van der Waals surface area contributed by atoms with Gasteiger partial charge in [0.25, 0.3) is 17.7 Å². The minimum atomic E-state index is -0.632. The smallest absolute Gasteiger partial charge is 0.260 e. The molecule has 0 aliphatic carbocycles. The van der Waals surface area contributed by atoms with Crippen molar-refractivity contribution in [3.8, 4) is 17.2 Å². The Kier molecular flexibility index (Phi) is 16.4. The van der Waals surface area contributed by atoms with Gasteiger partial charge in [0.1, 0.15) is 5.75 Å². The zero-order valence-corrected chi connectivity index (χ0v) is 44.5. The van der Waals surface area contributed by atoms with Crippen LogP contribution in [-0.2, 0) is 38.7 Å². The minimum Gasteiger partial charge on any atom is -0.493 e. The van der Waals surface area contributed by atoms with E-state index in [4.69, 9.17) is 24.2 Å². The van der Waals surface area contributed by atoms with Gasteiger partial charge in [-0.2, -0.15) is 0 Å². The van der Waals surface area contributed by atoms with Gasteiger partial charge in [-0.15, -0.1) is 0 Å². The van der Waals surface area contributed by atoms with Gasteiger partial charge in [-0.1, -0.05) is 69.7 Å². The van der Waals surface area contributed by atoms with Gasteiger partial charge in [0, 0.05) is 112 Å². The fraction of sp³-hybridized carbons (Fsp3) is 0.393. The summed E-state index contributed by atoms with van der Waals surface area (Å²) >= 11 is 0. The lowest BCUT2D eigenvalue weighted by molar-refractivity contribution is -0.137. The van der Waals surface area contributed by atoms with E-state index in [1.165, 1.54) is 33.7 Å². The molecule has 5 aliphatic rings. The summed E-state index contributed by atoms with van der Waals surface area (Å²) in [6.07, 6.45) is 12.8. The maximum absolute atomic E-state index is 14.1. The molecule has 0 saturated carbocycles. The zero-order valence-electron chi connectivity index (χ0n) is 44.5. The van der Waals surface area contributed by atoms with Crippen LogP contribution in [0.15, 0.2) is 107 Å². The molecular weight excluding hydrogens is 959 g/mol. The number of allylic oxidation sites excluding steroid dienone is 1. The Hall–Kier alpha value is -7.65. The second-order valence-corrected chi connectivity index (χ2v) is 21.0. The summed E-state index contributed by atoms with van der Waals surface area (Å²) in [6, 6.07) is 21.8. The lowest BCUT2D eigenvalue weighted by Gasteiger charge is -2.34. The van der Waals surface area contributed by atoms with E-state index >= 15 is 0 Å². The highest BCUT2D eigenvalue weighted by atomic mass is 16.5. The summed E-state index contributed by atoms with van der Waals surface area (Å²) in [7, 11) is 1.66. The first kappa shape index (κ1) is 53.2. The normalized spacial score (nSPS) is 18.2. The van der Waals surface area contributed by atoms with Crippen LogP contribution in [-0.4, -0.2) is 102 Å². The van der Waals surface area contributed by atoms with Crippen molar-refractivity contribution in [1.82, 2.24) is 20.0 Å². The van der Waals surface area contributed by atoms with E-state index in [0.29, 0.717) is 86.1 Å². The number of hydrogen-bond donors (Lipinski definition) is 2. The predicted molar refractivity (Wildman–Crippen MR) is 296 cm³/mol. The molecule has 9 rings (SSSR count). The van der Waals surface area contributed by atoms with Crippen molar-refractivity contribution in [2.75, 3.05) is 32.2 Å². The SMILES string of the molecule is C=C(Nc1ccc(C2=CN3C(=O)c4cc(C)c(OCCCOc5cc6c(cc5OC)CN5Cc7cc(C)ccc7C[C@H]5C=N6)cc4N=C[C@@H]3C2)cc1)[C@H](C)CC(=O)[C@@H](NC(=O)CCCCCN1C(=O)C=CC1=O)C(C)C. The number of methoxy groups -OCH3 is 1. The lowest BCUT2D eigenvalue weighted by Crippen LogP contribution is -2.45. The second kappa shape index (κ2) is 23.5. The van der Waals surface area contributed by atoms with Gasteiger partial charge in [0.15, 0.2) is 17.3 Å². The van der Waals surface area contributed by atoms with Gasteiger partial charge in [-0.25, -0.2) is 0 Å². The molecule has 4 aromatic carbocycles. The number of nitrogens with zero attached hydrogens (tertiary/aromatic N) is 5. The monoisotopic (exact) mass is 1030 g/mol. The summed E-state index contributed by atoms with van der Waals surface area (Å²) in [5, 5.41) is 6.29. The van der Waals surface area contributed by atoms with Crippen LogP contribution in [0.25, 0.3) is 5.57 Å². The highest BCUT2D eigenvalue weighted by Gasteiger charge is 2.34. The molecular formula is C61H69N7O8. The van der Waals surface area contributed by atoms with E-state index in [1.807, 2.05) is 82.6 Å². The molecule has 4 atom stereocenters. The maximum atomic E-state index is 14.1.